The van der Waals surface area contributed by atoms with E-state index in [2.05, 4.69) is 20.8 Å². The zero-order chi connectivity index (χ0) is 26.2. The predicted molar refractivity (Wildman–Crippen MR) is 141 cm³/mol. The molecule has 4 rings (SSSR count). The number of amides is 1. The first kappa shape index (κ1) is 25.5. The summed E-state index contributed by atoms with van der Waals surface area (Å²) >= 11 is 1.49. The number of carbonyl (C=O) groups excluding carboxylic acids is 2. The Balaban J connectivity index is 1.93. The molecule has 3 aromatic rings. The number of thiophene rings is 1. The highest BCUT2D eigenvalue weighted by atomic mass is 32.1. The van der Waals surface area contributed by atoms with Gasteiger partial charge in [-0.25, -0.2) is 0 Å². The summed E-state index contributed by atoms with van der Waals surface area (Å²) in [6, 6.07) is 13.5. The molecule has 0 radical (unpaired) electrons. The first-order valence-corrected chi connectivity index (χ1v) is 12.8. The van der Waals surface area contributed by atoms with Gasteiger partial charge in [0.2, 0.25) is 0 Å². The minimum absolute atomic E-state index is 0.0267. The summed E-state index contributed by atoms with van der Waals surface area (Å²) in [6.07, 6.45) is 0. The average Bonchev–Trinajstić information content (AvgIpc) is 3.42. The van der Waals surface area contributed by atoms with E-state index in [-0.39, 0.29) is 34.8 Å². The number of Topliss-reactive ketones (excluding diaryl/α,β-unsaturated/α-hetero) is 1. The molecule has 7 heteroatoms. The molecule has 1 aromatic heterocycles. The van der Waals surface area contributed by atoms with Crippen LogP contribution in [0.3, 0.4) is 0 Å². The van der Waals surface area contributed by atoms with E-state index < -0.39 is 17.7 Å². The number of hydrogen-bond acceptors (Lipinski definition) is 6. The summed E-state index contributed by atoms with van der Waals surface area (Å²) in [5, 5.41) is 23.7. The maximum absolute atomic E-state index is 13.4. The van der Waals surface area contributed by atoms with E-state index in [1.807, 2.05) is 42.6 Å². The zero-order valence-corrected chi connectivity index (χ0v) is 22.0. The molecule has 2 aromatic carbocycles. The van der Waals surface area contributed by atoms with Gasteiger partial charge in [-0.3, -0.25) is 9.59 Å². The smallest absolute Gasteiger partial charge is 0.295 e. The minimum Gasteiger partial charge on any atom is -0.507 e. The van der Waals surface area contributed by atoms with Crippen LogP contribution in [0, 0.1) is 6.92 Å². The number of ether oxygens (including phenoxy) is 1. The lowest BCUT2D eigenvalue weighted by Gasteiger charge is -2.26. The van der Waals surface area contributed by atoms with Gasteiger partial charge in [0.05, 0.1) is 24.8 Å². The van der Waals surface area contributed by atoms with Crippen molar-refractivity contribution in [2.24, 2.45) is 0 Å². The second kappa shape index (κ2) is 9.82. The Hall–Kier alpha value is -3.58. The third-order valence-electron chi connectivity index (χ3n) is 6.40. The topological polar surface area (TPSA) is 87.1 Å². The number of aliphatic hydroxyl groups is 1. The molecular formula is C29H31NO5S. The lowest BCUT2D eigenvalue weighted by atomic mass is 9.84. The first-order valence-electron chi connectivity index (χ1n) is 11.9. The summed E-state index contributed by atoms with van der Waals surface area (Å²) < 4.78 is 5.57. The number of likely N-dealkylation sites (tertiary alicyclic amines) is 1. The summed E-state index contributed by atoms with van der Waals surface area (Å²) in [6.45, 7) is 10.5. The van der Waals surface area contributed by atoms with Gasteiger partial charge in [0.15, 0.2) is 11.5 Å². The number of nitrogens with zero attached hydrogens (tertiary/aromatic N) is 1. The highest BCUT2D eigenvalue weighted by molar-refractivity contribution is 7.09. The number of phenols is 1. The predicted octanol–water partition coefficient (Wildman–Crippen LogP) is 6.08. The maximum Gasteiger partial charge on any atom is 0.295 e. The standard InChI is InChI=1S/C29H31NO5S/c1-6-35-23-14-18(10-12-22(23)31)25-24(27(33)28(34)30(25)16-20-8-7-13-36-20)26(32)21-15-19(29(3,4)5)11-9-17(21)2/h7-15,25,31-32H,6,16H2,1-5H3/b26-24+. The van der Waals surface area contributed by atoms with Crippen molar-refractivity contribution in [3.63, 3.8) is 0 Å². The second-order valence-electron chi connectivity index (χ2n) is 9.95. The van der Waals surface area contributed by atoms with Gasteiger partial charge in [-0.2, -0.15) is 0 Å². The molecule has 0 spiro atoms. The molecule has 1 amide bonds. The molecule has 1 fully saturated rings. The second-order valence-corrected chi connectivity index (χ2v) is 11.0. The van der Waals surface area contributed by atoms with Crippen LogP contribution >= 0.6 is 11.3 Å². The molecule has 2 heterocycles. The van der Waals surface area contributed by atoms with Crippen molar-refractivity contribution >= 4 is 28.8 Å². The van der Waals surface area contributed by atoms with Crippen molar-refractivity contribution in [1.82, 2.24) is 4.90 Å². The fourth-order valence-electron chi connectivity index (χ4n) is 4.42. The van der Waals surface area contributed by atoms with Gasteiger partial charge in [0.1, 0.15) is 5.76 Å². The summed E-state index contributed by atoms with van der Waals surface area (Å²) in [4.78, 5) is 29.1. The van der Waals surface area contributed by atoms with Crippen molar-refractivity contribution in [1.29, 1.82) is 0 Å². The number of aromatic hydroxyl groups is 1. The van der Waals surface area contributed by atoms with E-state index in [0.29, 0.717) is 17.7 Å². The fourth-order valence-corrected chi connectivity index (χ4v) is 5.12. The van der Waals surface area contributed by atoms with Crippen LogP contribution in [0.4, 0.5) is 0 Å². The van der Waals surface area contributed by atoms with Crippen molar-refractivity contribution in [2.75, 3.05) is 6.61 Å². The fraction of sp³-hybridized carbons (Fsp3) is 0.310. The Morgan fingerprint density at radius 2 is 1.86 bits per heavy atom. The van der Waals surface area contributed by atoms with Crippen LogP contribution in [0.15, 0.2) is 59.5 Å². The van der Waals surface area contributed by atoms with Crippen LogP contribution in [0.25, 0.3) is 5.76 Å². The molecule has 0 saturated carbocycles. The molecular weight excluding hydrogens is 474 g/mol. The van der Waals surface area contributed by atoms with Gasteiger partial charge in [0.25, 0.3) is 11.7 Å². The molecule has 2 N–H and O–H groups in total. The number of ketones is 1. The van der Waals surface area contributed by atoms with Gasteiger partial charge in [0, 0.05) is 10.4 Å². The Labute approximate surface area is 215 Å². The highest BCUT2D eigenvalue weighted by Gasteiger charge is 2.46. The monoisotopic (exact) mass is 505 g/mol. The molecule has 0 aliphatic carbocycles. The third-order valence-corrected chi connectivity index (χ3v) is 7.27. The molecule has 1 aliphatic heterocycles. The molecule has 1 aliphatic rings. The number of hydrogen-bond donors (Lipinski definition) is 2. The maximum atomic E-state index is 13.4. The SMILES string of the molecule is CCOc1cc(C2/C(=C(\O)c3cc(C(C)(C)C)ccc3C)C(=O)C(=O)N2Cc2cccs2)ccc1O. The Kier molecular flexibility index (Phi) is 6.96. The van der Waals surface area contributed by atoms with Gasteiger partial charge in [-0.15, -0.1) is 11.3 Å². The van der Waals surface area contributed by atoms with E-state index in [1.165, 1.54) is 22.3 Å². The largest absolute Gasteiger partial charge is 0.507 e. The van der Waals surface area contributed by atoms with Crippen LogP contribution in [0.5, 0.6) is 11.5 Å². The lowest BCUT2D eigenvalue weighted by Crippen LogP contribution is -2.28. The van der Waals surface area contributed by atoms with E-state index in [1.54, 1.807) is 19.1 Å². The molecule has 188 valence electrons. The van der Waals surface area contributed by atoms with Gasteiger partial charge in [-0.1, -0.05) is 45.0 Å². The average molecular weight is 506 g/mol. The van der Waals surface area contributed by atoms with Gasteiger partial charge in [-0.05, 0) is 65.6 Å². The number of aryl methyl sites for hydroxylation is 1. The Morgan fingerprint density at radius 3 is 2.50 bits per heavy atom. The van der Waals surface area contributed by atoms with Crippen molar-refractivity contribution < 1.29 is 24.5 Å². The normalized spacial score (nSPS) is 17.6. The summed E-state index contributed by atoms with van der Waals surface area (Å²) in [5.41, 5.74) is 2.74. The van der Waals surface area contributed by atoms with E-state index in [0.717, 1.165) is 16.0 Å². The Bertz CT molecular complexity index is 1330. The van der Waals surface area contributed by atoms with Crippen molar-refractivity contribution in [3.8, 4) is 11.5 Å². The third kappa shape index (κ3) is 4.75. The quantitative estimate of drug-likeness (QED) is 0.241. The molecule has 0 bridgehead atoms. The van der Waals surface area contributed by atoms with E-state index >= 15 is 0 Å². The Morgan fingerprint density at radius 1 is 1.11 bits per heavy atom. The summed E-state index contributed by atoms with van der Waals surface area (Å²) in [5.74, 6) is -1.40. The van der Waals surface area contributed by atoms with Crippen molar-refractivity contribution in [2.45, 2.75) is 52.6 Å². The van der Waals surface area contributed by atoms with Crippen LogP contribution < -0.4 is 4.74 Å². The molecule has 6 nitrogen and oxygen atoms in total. The number of phenolic OH excluding ortho intramolecular Hbond substituents is 1. The van der Waals surface area contributed by atoms with Gasteiger partial charge >= 0.3 is 0 Å². The molecule has 1 unspecified atom stereocenters. The van der Waals surface area contributed by atoms with E-state index in [9.17, 15) is 19.8 Å². The number of benzene rings is 2. The lowest BCUT2D eigenvalue weighted by molar-refractivity contribution is -0.140. The van der Waals surface area contributed by atoms with Gasteiger partial charge < -0.3 is 19.8 Å². The van der Waals surface area contributed by atoms with Crippen LogP contribution in [0.1, 0.15) is 60.9 Å². The number of aliphatic hydroxyl groups excluding tert-OH is 1. The van der Waals surface area contributed by atoms with Crippen LogP contribution in [-0.4, -0.2) is 33.4 Å². The highest BCUT2D eigenvalue weighted by Crippen LogP contribution is 2.43. The molecule has 1 saturated heterocycles. The van der Waals surface area contributed by atoms with E-state index in [4.69, 9.17) is 4.74 Å². The first-order chi connectivity index (χ1) is 17.0. The summed E-state index contributed by atoms with van der Waals surface area (Å²) in [7, 11) is 0. The minimum atomic E-state index is -0.843. The van der Waals surface area contributed by atoms with Crippen LogP contribution in [-0.2, 0) is 21.5 Å². The molecule has 36 heavy (non-hydrogen) atoms. The van der Waals surface area contributed by atoms with Crippen molar-refractivity contribution in [3.05, 3.63) is 86.6 Å². The van der Waals surface area contributed by atoms with Crippen LogP contribution in [0.2, 0.25) is 0 Å². The number of rotatable bonds is 6. The number of carbonyl (C=O) groups is 2. The molecule has 1 atom stereocenters. The zero-order valence-electron chi connectivity index (χ0n) is 21.2.